The van der Waals surface area contributed by atoms with Crippen molar-refractivity contribution in [2.45, 2.75) is 13.8 Å². The molecule has 0 saturated heterocycles. The minimum Gasteiger partial charge on any atom is -0.192 e. The zero-order valence-corrected chi connectivity index (χ0v) is 13.9. The fourth-order valence-electron chi connectivity index (χ4n) is 3.06. The Morgan fingerprint density at radius 1 is 0.826 bits per heavy atom. The SMILES string of the molecule is Cc1ccc2sc3ccc(-c4cc(C#N)ccc4C)cc3c2c1. The van der Waals surface area contributed by atoms with E-state index in [1.807, 2.05) is 29.5 Å². The molecule has 0 N–H and O–H groups in total. The van der Waals surface area contributed by atoms with Gasteiger partial charge in [0.2, 0.25) is 0 Å². The molecule has 4 rings (SSSR count). The first kappa shape index (κ1) is 14.0. The summed E-state index contributed by atoms with van der Waals surface area (Å²) in [5.41, 5.74) is 5.49. The molecule has 0 aliphatic rings. The molecule has 1 heterocycles. The van der Waals surface area contributed by atoms with Gasteiger partial charge in [-0.2, -0.15) is 5.26 Å². The maximum absolute atomic E-state index is 9.16. The van der Waals surface area contributed by atoms with Crippen LogP contribution < -0.4 is 0 Å². The van der Waals surface area contributed by atoms with Crippen molar-refractivity contribution >= 4 is 31.5 Å². The van der Waals surface area contributed by atoms with Gasteiger partial charge < -0.3 is 0 Å². The largest absolute Gasteiger partial charge is 0.192 e. The minimum absolute atomic E-state index is 0.705. The number of benzene rings is 3. The van der Waals surface area contributed by atoms with Gasteiger partial charge in [0.05, 0.1) is 11.6 Å². The zero-order chi connectivity index (χ0) is 16.0. The summed E-state index contributed by atoms with van der Waals surface area (Å²) in [6.07, 6.45) is 0. The zero-order valence-electron chi connectivity index (χ0n) is 13.1. The van der Waals surface area contributed by atoms with Crippen molar-refractivity contribution in [2.24, 2.45) is 0 Å². The molecule has 0 aliphatic carbocycles. The molecule has 3 aromatic carbocycles. The molecule has 110 valence electrons. The molecule has 0 radical (unpaired) electrons. The molecular weight excluding hydrogens is 298 g/mol. The van der Waals surface area contributed by atoms with Gasteiger partial charge in [-0.3, -0.25) is 0 Å². The van der Waals surface area contributed by atoms with Crippen molar-refractivity contribution in [1.82, 2.24) is 0 Å². The number of hydrogen-bond donors (Lipinski definition) is 0. The molecule has 0 bridgehead atoms. The Hall–Kier alpha value is -2.63. The van der Waals surface area contributed by atoms with Gasteiger partial charge in [0.15, 0.2) is 0 Å². The normalized spacial score (nSPS) is 11.0. The lowest BCUT2D eigenvalue weighted by Gasteiger charge is -2.07. The van der Waals surface area contributed by atoms with Crippen molar-refractivity contribution in [2.75, 3.05) is 0 Å². The van der Waals surface area contributed by atoms with Gasteiger partial charge in [-0.1, -0.05) is 23.8 Å². The second-order valence-corrected chi connectivity index (χ2v) is 7.04. The van der Waals surface area contributed by atoms with Gasteiger partial charge in [-0.15, -0.1) is 11.3 Å². The summed E-state index contributed by atoms with van der Waals surface area (Å²) in [4.78, 5) is 0. The number of nitriles is 1. The highest BCUT2D eigenvalue weighted by Crippen LogP contribution is 2.37. The number of fused-ring (bicyclic) bond motifs is 3. The maximum Gasteiger partial charge on any atom is 0.0991 e. The first-order valence-corrected chi connectivity index (χ1v) is 8.41. The van der Waals surface area contributed by atoms with E-state index in [1.165, 1.54) is 36.9 Å². The molecule has 0 atom stereocenters. The Morgan fingerprint density at radius 3 is 2.35 bits per heavy atom. The fourth-order valence-corrected chi connectivity index (χ4v) is 4.13. The Morgan fingerprint density at radius 2 is 1.57 bits per heavy atom. The predicted molar refractivity (Wildman–Crippen MR) is 99.0 cm³/mol. The van der Waals surface area contributed by atoms with E-state index >= 15 is 0 Å². The maximum atomic E-state index is 9.16. The van der Waals surface area contributed by atoms with Crippen LogP contribution in [0.15, 0.2) is 54.6 Å². The molecule has 0 fully saturated rings. The van der Waals surface area contributed by atoms with Crippen LogP contribution in [0.4, 0.5) is 0 Å². The van der Waals surface area contributed by atoms with Gasteiger partial charge in [-0.25, -0.2) is 0 Å². The monoisotopic (exact) mass is 313 g/mol. The number of thiophene rings is 1. The van der Waals surface area contributed by atoms with E-state index in [9.17, 15) is 0 Å². The van der Waals surface area contributed by atoms with E-state index in [0.29, 0.717) is 5.56 Å². The van der Waals surface area contributed by atoms with E-state index < -0.39 is 0 Å². The molecular formula is C21H15NS. The summed E-state index contributed by atoms with van der Waals surface area (Å²) in [7, 11) is 0. The van der Waals surface area contributed by atoms with Crippen LogP contribution in [0.1, 0.15) is 16.7 Å². The van der Waals surface area contributed by atoms with Crippen LogP contribution in [0.5, 0.6) is 0 Å². The number of nitrogens with zero attached hydrogens (tertiary/aromatic N) is 1. The van der Waals surface area contributed by atoms with Crippen LogP contribution in [0.3, 0.4) is 0 Å². The topological polar surface area (TPSA) is 23.8 Å². The van der Waals surface area contributed by atoms with Crippen molar-refractivity contribution in [1.29, 1.82) is 5.26 Å². The van der Waals surface area contributed by atoms with Gasteiger partial charge >= 0.3 is 0 Å². The van der Waals surface area contributed by atoms with E-state index in [4.69, 9.17) is 5.26 Å². The van der Waals surface area contributed by atoms with Crippen LogP contribution >= 0.6 is 11.3 Å². The lowest BCUT2D eigenvalue weighted by atomic mass is 9.97. The summed E-state index contributed by atoms with van der Waals surface area (Å²) in [6.45, 7) is 4.23. The highest BCUT2D eigenvalue weighted by molar-refractivity contribution is 7.25. The summed E-state index contributed by atoms with van der Waals surface area (Å²) in [5, 5.41) is 11.8. The Labute approximate surface area is 139 Å². The molecule has 0 amide bonds. The van der Waals surface area contributed by atoms with Crippen LogP contribution in [0, 0.1) is 25.2 Å². The lowest BCUT2D eigenvalue weighted by molar-refractivity contribution is 1.42. The van der Waals surface area contributed by atoms with Gasteiger partial charge in [0.1, 0.15) is 0 Å². The van der Waals surface area contributed by atoms with Crippen LogP contribution in [-0.4, -0.2) is 0 Å². The molecule has 2 heteroatoms. The molecule has 0 spiro atoms. The molecule has 23 heavy (non-hydrogen) atoms. The third-order valence-corrected chi connectivity index (χ3v) is 5.45. The molecule has 1 nitrogen and oxygen atoms in total. The molecule has 0 aliphatic heterocycles. The van der Waals surface area contributed by atoms with Crippen LogP contribution in [0.25, 0.3) is 31.3 Å². The van der Waals surface area contributed by atoms with E-state index in [-0.39, 0.29) is 0 Å². The fraction of sp³-hybridized carbons (Fsp3) is 0.0952. The Bertz CT molecular complexity index is 1100. The average molecular weight is 313 g/mol. The molecule has 1 aromatic heterocycles. The second-order valence-electron chi connectivity index (χ2n) is 5.95. The quantitative estimate of drug-likeness (QED) is 0.410. The van der Waals surface area contributed by atoms with Gasteiger partial charge in [0.25, 0.3) is 0 Å². The van der Waals surface area contributed by atoms with E-state index in [1.54, 1.807) is 0 Å². The predicted octanol–water partition coefficient (Wildman–Crippen LogP) is 6.21. The first-order chi connectivity index (χ1) is 11.2. The number of rotatable bonds is 1. The van der Waals surface area contributed by atoms with Crippen molar-refractivity contribution in [3.8, 4) is 17.2 Å². The Balaban J connectivity index is 2.00. The number of hydrogen-bond acceptors (Lipinski definition) is 2. The standard InChI is InChI=1S/C21H15NS/c1-13-3-7-20-18(9-13)19-11-16(6-8-21(19)23-20)17-10-15(12-22)5-4-14(17)2/h3-11H,1-2H3. The van der Waals surface area contributed by atoms with Crippen molar-refractivity contribution in [3.05, 3.63) is 71.3 Å². The third kappa shape index (κ3) is 2.30. The number of aryl methyl sites for hydroxylation is 2. The summed E-state index contributed by atoms with van der Waals surface area (Å²) < 4.78 is 2.63. The van der Waals surface area contributed by atoms with Crippen LogP contribution in [0.2, 0.25) is 0 Å². The summed E-state index contributed by atoms with van der Waals surface area (Å²) >= 11 is 1.83. The highest BCUT2D eigenvalue weighted by atomic mass is 32.1. The second kappa shape index (κ2) is 5.22. The van der Waals surface area contributed by atoms with Gasteiger partial charge in [0, 0.05) is 20.2 Å². The van der Waals surface area contributed by atoms with E-state index in [2.05, 4.69) is 56.3 Å². The van der Waals surface area contributed by atoms with Crippen molar-refractivity contribution < 1.29 is 0 Å². The molecule has 0 unspecified atom stereocenters. The smallest absolute Gasteiger partial charge is 0.0991 e. The molecule has 4 aromatic rings. The lowest BCUT2D eigenvalue weighted by Crippen LogP contribution is -1.85. The van der Waals surface area contributed by atoms with Crippen LogP contribution in [-0.2, 0) is 0 Å². The highest BCUT2D eigenvalue weighted by Gasteiger charge is 2.09. The third-order valence-electron chi connectivity index (χ3n) is 4.30. The summed E-state index contributed by atoms with van der Waals surface area (Å²) in [6, 6.07) is 21.4. The average Bonchev–Trinajstić information content (AvgIpc) is 2.92. The van der Waals surface area contributed by atoms with E-state index in [0.717, 1.165) is 5.56 Å². The first-order valence-electron chi connectivity index (χ1n) is 7.60. The minimum atomic E-state index is 0.705. The summed E-state index contributed by atoms with van der Waals surface area (Å²) in [5.74, 6) is 0. The Kier molecular flexibility index (Phi) is 3.18. The van der Waals surface area contributed by atoms with Crippen molar-refractivity contribution in [3.63, 3.8) is 0 Å². The molecule has 0 saturated carbocycles. The van der Waals surface area contributed by atoms with Gasteiger partial charge in [-0.05, 0) is 66.9 Å².